The van der Waals surface area contributed by atoms with Crippen LogP contribution in [0.4, 0.5) is 5.69 Å². The monoisotopic (exact) mass is 463 g/mol. The standard InChI is InChI=1S/C20H18BrNO5S/c1-2-3-10-26-13-6-4-12(5-7-13)16-11-14(18(28-16)20(24)25)22-19(23)15-8-9-17(21)27-15/h4-9,11H,2-3,10H2,1H3,(H,22,23)(H,24,25). The number of anilines is 1. The van der Waals surface area contributed by atoms with Gasteiger partial charge in [-0.1, -0.05) is 13.3 Å². The first-order valence-corrected chi connectivity index (χ1v) is 10.3. The molecule has 0 aliphatic carbocycles. The lowest BCUT2D eigenvalue weighted by atomic mass is 10.2. The number of carboxylic acid groups (broad SMARTS) is 1. The molecule has 3 aromatic rings. The van der Waals surface area contributed by atoms with Crippen molar-refractivity contribution in [1.82, 2.24) is 0 Å². The number of rotatable bonds is 8. The van der Waals surface area contributed by atoms with Crippen LogP contribution in [0.15, 0.2) is 51.6 Å². The number of carbonyl (C=O) groups is 2. The molecule has 0 saturated heterocycles. The molecule has 8 heteroatoms. The van der Waals surface area contributed by atoms with Gasteiger partial charge < -0.3 is 19.6 Å². The minimum absolute atomic E-state index is 0.0530. The number of furan rings is 1. The maximum absolute atomic E-state index is 12.3. The van der Waals surface area contributed by atoms with Crippen molar-refractivity contribution >= 4 is 44.8 Å². The Labute approximate surface area is 174 Å². The van der Waals surface area contributed by atoms with Gasteiger partial charge in [0, 0.05) is 4.88 Å². The smallest absolute Gasteiger partial charge is 0.348 e. The van der Waals surface area contributed by atoms with Crippen LogP contribution >= 0.6 is 27.3 Å². The predicted octanol–water partition coefficient (Wildman–Crippen LogP) is 5.90. The van der Waals surface area contributed by atoms with Crippen LogP contribution in [0, 0.1) is 0 Å². The average molecular weight is 464 g/mol. The number of amides is 1. The molecule has 146 valence electrons. The summed E-state index contributed by atoms with van der Waals surface area (Å²) in [6.45, 7) is 2.77. The normalized spacial score (nSPS) is 10.6. The van der Waals surface area contributed by atoms with E-state index in [1.165, 1.54) is 6.07 Å². The van der Waals surface area contributed by atoms with E-state index in [0.29, 0.717) is 11.3 Å². The summed E-state index contributed by atoms with van der Waals surface area (Å²) in [7, 11) is 0. The molecule has 1 aromatic carbocycles. The molecule has 0 bridgehead atoms. The number of hydrogen-bond acceptors (Lipinski definition) is 5. The summed E-state index contributed by atoms with van der Waals surface area (Å²) in [5.74, 6) is -0.766. The van der Waals surface area contributed by atoms with E-state index in [9.17, 15) is 14.7 Å². The molecule has 2 N–H and O–H groups in total. The molecule has 28 heavy (non-hydrogen) atoms. The Hall–Kier alpha value is -2.58. The molecule has 2 heterocycles. The topological polar surface area (TPSA) is 88.8 Å². The van der Waals surface area contributed by atoms with E-state index in [0.717, 1.165) is 40.4 Å². The number of benzene rings is 1. The van der Waals surface area contributed by atoms with Crippen LogP contribution in [0.3, 0.4) is 0 Å². The third-order valence-electron chi connectivity index (χ3n) is 3.88. The highest BCUT2D eigenvalue weighted by molar-refractivity contribution is 9.10. The number of halogens is 1. The van der Waals surface area contributed by atoms with Crippen LogP contribution in [0.2, 0.25) is 0 Å². The van der Waals surface area contributed by atoms with Gasteiger partial charge in [0.25, 0.3) is 5.91 Å². The van der Waals surface area contributed by atoms with Gasteiger partial charge >= 0.3 is 5.97 Å². The van der Waals surface area contributed by atoms with Crippen molar-refractivity contribution in [3.05, 3.63) is 57.8 Å². The zero-order valence-electron chi connectivity index (χ0n) is 15.0. The van der Waals surface area contributed by atoms with Crippen molar-refractivity contribution in [2.24, 2.45) is 0 Å². The van der Waals surface area contributed by atoms with Gasteiger partial charge in [-0.15, -0.1) is 11.3 Å². The molecule has 0 spiro atoms. The summed E-state index contributed by atoms with van der Waals surface area (Å²) < 4.78 is 11.3. The molecular weight excluding hydrogens is 446 g/mol. The Morgan fingerprint density at radius 2 is 1.96 bits per heavy atom. The maximum Gasteiger partial charge on any atom is 0.348 e. The van der Waals surface area contributed by atoms with Crippen LogP contribution in [0.1, 0.15) is 40.0 Å². The minimum atomic E-state index is -1.10. The molecule has 0 saturated carbocycles. The highest BCUT2D eigenvalue weighted by Crippen LogP contribution is 2.36. The Morgan fingerprint density at radius 3 is 2.57 bits per heavy atom. The summed E-state index contributed by atoms with van der Waals surface area (Å²) >= 11 is 4.23. The van der Waals surface area contributed by atoms with E-state index in [-0.39, 0.29) is 16.3 Å². The third kappa shape index (κ3) is 4.82. The summed E-state index contributed by atoms with van der Waals surface area (Å²) in [6, 6.07) is 12.2. The van der Waals surface area contributed by atoms with Crippen molar-refractivity contribution < 1.29 is 23.8 Å². The van der Waals surface area contributed by atoms with Crippen molar-refractivity contribution in [1.29, 1.82) is 0 Å². The van der Waals surface area contributed by atoms with Gasteiger partial charge in [-0.3, -0.25) is 4.79 Å². The lowest BCUT2D eigenvalue weighted by Crippen LogP contribution is -2.12. The van der Waals surface area contributed by atoms with Crippen molar-refractivity contribution in [3.63, 3.8) is 0 Å². The van der Waals surface area contributed by atoms with Crippen LogP contribution in [-0.4, -0.2) is 23.6 Å². The van der Waals surface area contributed by atoms with Gasteiger partial charge in [0.05, 0.1) is 12.3 Å². The first-order chi connectivity index (χ1) is 13.5. The Bertz CT molecular complexity index is 977. The van der Waals surface area contributed by atoms with E-state index in [4.69, 9.17) is 9.15 Å². The van der Waals surface area contributed by atoms with Gasteiger partial charge in [0.1, 0.15) is 10.6 Å². The molecule has 0 aliphatic rings. The molecule has 2 aromatic heterocycles. The molecule has 0 aliphatic heterocycles. The zero-order valence-corrected chi connectivity index (χ0v) is 17.4. The molecule has 3 rings (SSSR count). The number of nitrogens with one attached hydrogen (secondary N) is 1. The highest BCUT2D eigenvalue weighted by Gasteiger charge is 2.20. The average Bonchev–Trinajstić information content (AvgIpc) is 3.29. The second-order valence-electron chi connectivity index (χ2n) is 5.94. The lowest BCUT2D eigenvalue weighted by Gasteiger charge is -2.05. The lowest BCUT2D eigenvalue weighted by molar-refractivity contribution is 0.0703. The van der Waals surface area contributed by atoms with Crippen LogP contribution in [-0.2, 0) is 0 Å². The Morgan fingerprint density at radius 1 is 1.21 bits per heavy atom. The van der Waals surface area contributed by atoms with Gasteiger partial charge in [0.2, 0.25) is 0 Å². The molecular formula is C20H18BrNO5S. The van der Waals surface area contributed by atoms with Gasteiger partial charge in [-0.05, 0) is 70.4 Å². The summed E-state index contributed by atoms with van der Waals surface area (Å²) in [5.41, 5.74) is 1.07. The number of thiophene rings is 1. The van der Waals surface area contributed by atoms with Crippen LogP contribution in [0.5, 0.6) is 5.75 Å². The zero-order chi connectivity index (χ0) is 20.1. The molecule has 0 fully saturated rings. The maximum atomic E-state index is 12.3. The summed E-state index contributed by atoms with van der Waals surface area (Å²) in [6.07, 6.45) is 2.05. The molecule has 1 amide bonds. The highest BCUT2D eigenvalue weighted by atomic mass is 79.9. The predicted molar refractivity (Wildman–Crippen MR) is 111 cm³/mol. The summed E-state index contributed by atoms with van der Waals surface area (Å²) in [4.78, 5) is 24.7. The number of hydrogen-bond donors (Lipinski definition) is 2. The van der Waals surface area contributed by atoms with E-state index in [1.54, 1.807) is 12.1 Å². The first kappa shape index (κ1) is 20.2. The number of unbranched alkanes of at least 4 members (excludes halogenated alkanes) is 1. The van der Waals surface area contributed by atoms with Gasteiger partial charge in [-0.2, -0.15) is 0 Å². The van der Waals surface area contributed by atoms with Crippen molar-refractivity contribution in [2.45, 2.75) is 19.8 Å². The largest absolute Gasteiger partial charge is 0.494 e. The quantitative estimate of drug-likeness (QED) is 0.405. The fourth-order valence-electron chi connectivity index (χ4n) is 2.46. The second-order valence-corrected chi connectivity index (χ2v) is 7.78. The van der Waals surface area contributed by atoms with E-state index in [2.05, 4.69) is 28.2 Å². The second kappa shape index (κ2) is 9.07. The molecule has 6 nitrogen and oxygen atoms in total. The van der Waals surface area contributed by atoms with Crippen molar-refractivity contribution in [2.75, 3.05) is 11.9 Å². The first-order valence-electron chi connectivity index (χ1n) is 8.65. The van der Waals surface area contributed by atoms with Crippen molar-refractivity contribution in [3.8, 4) is 16.2 Å². The summed E-state index contributed by atoms with van der Waals surface area (Å²) in [5, 5.41) is 12.1. The number of carbonyl (C=O) groups excluding carboxylic acids is 1. The number of carboxylic acids is 1. The van der Waals surface area contributed by atoms with Crippen LogP contribution < -0.4 is 10.1 Å². The molecule has 0 radical (unpaired) electrons. The third-order valence-corrected chi connectivity index (χ3v) is 5.48. The fourth-order valence-corrected chi connectivity index (χ4v) is 3.72. The van der Waals surface area contributed by atoms with E-state index >= 15 is 0 Å². The molecule has 0 atom stereocenters. The minimum Gasteiger partial charge on any atom is -0.494 e. The van der Waals surface area contributed by atoms with E-state index < -0.39 is 11.9 Å². The Kier molecular flexibility index (Phi) is 6.53. The number of aromatic carboxylic acids is 1. The van der Waals surface area contributed by atoms with Crippen LogP contribution in [0.25, 0.3) is 10.4 Å². The number of ether oxygens (including phenoxy) is 1. The SMILES string of the molecule is CCCCOc1ccc(-c2cc(NC(=O)c3ccc(Br)o3)c(C(=O)O)s2)cc1. The van der Waals surface area contributed by atoms with E-state index in [1.807, 2.05) is 24.3 Å². The van der Waals surface area contributed by atoms with Gasteiger partial charge in [0.15, 0.2) is 10.4 Å². The molecule has 0 unspecified atom stereocenters. The Balaban J connectivity index is 1.80. The van der Waals surface area contributed by atoms with Gasteiger partial charge in [-0.25, -0.2) is 4.79 Å². The fraction of sp³-hybridized carbons (Fsp3) is 0.200.